The first-order valence-corrected chi connectivity index (χ1v) is 7.81. The van der Waals surface area contributed by atoms with Gasteiger partial charge < -0.3 is 5.73 Å². The van der Waals surface area contributed by atoms with Gasteiger partial charge in [-0.2, -0.15) is 5.10 Å². The summed E-state index contributed by atoms with van der Waals surface area (Å²) < 4.78 is 27.6. The summed E-state index contributed by atoms with van der Waals surface area (Å²) in [6, 6.07) is 4.57. The number of H-pyrrole nitrogens is 1. The molecule has 1 aromatic carbocycles. The van der Waals surface area contributed by atoms with E-state index in [-0.39, 0.29) is 10.9 Å². The van der Waals surface area contributed by atoms with E-state index in [9.17, 15) is 8.42 Å². The number of nitrogens with zero attached hydrogens (tertiary/aromatic N) is 1. The fraction of sp³-hybridized carbons (Fsp3) is 0.308. The first kappa shape index (κ1) is 14.5. The summed E-state index contributed by atoms with van der Waals surface area (Å²) in [4.78, 5) is 0.232. The molecule has 0 aliphatic rings. The van der Waals surface area contributed by atoms with Crippen molar-refractivity contribution in [1.82, 2.24) is 14.9 Å². The molecule has 1 heterocycles. The molecule has 108 valence electrons. The lowest BCUT2D eigenvalue weighted by atomic mass is 10.1. The fourth-order valence-electron chi connectivity index (χ4n) is 1.98. The molecule has 2 rings (SSSR count). The van der Waals surface area contributed by atoms with Crippen molar-refractivity contribution in [2.45, 2.75) is 31.2 Å². The molecule has 2 aromatic rings. The van der Waals surface area contributed by atoms with Gasteiger partial charge >= 0.3 is 0 Å². The highest BCUT2D eigenvalue weighted by molar-refractivity contribution is 7.89. The Morgan fingerprint density at radius 1 is 1.45 bits per heavy atom. The van der Waals surface area contributed by atoms with E-state index in [4.69, 9.17) is 5.73 Å². The molecule has 0 amide bonds. The number of aromatic amines is 1. The van der Waals surface area contributed by atoms with E-state index < -0.39 is 10.0 Å². The minimum absolute atomic E-state index is 0.232. The third kappa shape index (κ3) is 3.00. The number of rotatable bonds is 5. The number of hydrogen-bond donors (Lipinski definition) is 3. The van der Waals surface area contributed by atoms with Crippen molar-refractivity contribution in [3.63, 3.8) is 0 Å². The van der Waals surface area contributed by atoms with Gasteiger partial charge in [-0.3, -0.25) is 5.10 Å². The standard InChI is InChI=1S/C13H18N4O2S/c1-3-10-4-5-12(14)6-13(10)20(18,19)17-9(2)11-7-15-16-8-11/h4-9,17H,3,14H2,1-2H3,(H,15,16). The van der Waals surface area contributed by atoms with Gasteiger partial charge in [-0.25, -0.2) is 13.1 Å². The van der Waals surface area contributed by atoms with Gasteiger partial charge in [-0.1, -0.05) is 13.0 Å². The first-order chi connectivity index (χ1) is 9.44. The summed E-state index contributed by atoms with van der Waals surface area (Å²) in [6.07, 6.45) is 3.87. The molecule has 7 heteroatoms. The lowest BCUT2D eigenvalue weighted by molar-refractivity contribution is 0.566. The van der Waals surface area contributed by atoms with Crippen molar-refractivity contribution in [1.29, 1.82) is 0 Å². The number of sulfonamides is 1. The van der Waals surface area contributed by atoms with E-state index in [0.717, 1.165) is 11.1 Å². The summed E-state index contributed by atoms with van der Waals surface area (Å²) >= 11 is 0. The topological polar surface area (TPSA) is 101 Å². The SMILES string of the molecule is CCc1ccc(N)cc1S(=O)(=O)NC(C)c1cn[nH]c1. The number of aryl methyl sites for hydroxylation is 1. The molecule has 4 N–H and O–H groups in total. The minimum Gasteiger partial charge on any atom is -0.399 e. The zero-order valence-electron chi connectivity index (χ0n) is 11.4. The molecule has 20 heavy (non-hydrogen) atoms. The van der Waals surface area contributed by atoms with E-state index in [2.05, 4.69) is 14.9 Å². The Morgan fingerprint density at radius 3 is 2.80 bits per heavy atom. The zero-order valence-corrected chi connectivity index (χ0v) is 12.2. The maximum Gasteiger partial charge on any atom is 0.241 e. The van der Waals surface area contributed by atoms with Crippen LogP contribution in [0.2, 0.25) is 0 Å². The van der Waals surface area contributed by atoms with Crippen molar-refractivity contribution >= 4 is 15.7 Å². The van der Waals surface area contributed by atoms with Crippen LogP contribution in [0.4, 0.5) is 5.69 Å². The van der Waals surface area contributed by atoms with Crippen molar-refractivity contribution < 1.29 is 8.42 Å². The second kappa shape index (κ2) is 5.64. The predicted molar refractivity (Wildman–Crippen MR) is 77.6 cm³/mol. The molecule has 0 bridgehead atoms. The van der Waals surface area contributed by atoms with Crippen molar-refractivity contribution in [2.24, 2.45) is 0 Å². The number of aromatic nitrogens is 2. The van der Waals surface area contributed by atoms with Crippen LogP contribution in [-0.4, -0.2) is 18.6 Å². The Hall–Kier alpha value is -1.86. The van der Waals surface area contributed by atoms with Crippen LogP contribution in [0, 0.1) is 0 Å². The highest BCUT2D eigenvalue weighted by Crippen LogP contribution is 2.22. The Balaban J connectivity index is 2.33. The molecular formula is C13H18N4O2S. The molecule has 0 fully saturated rings. The minimum atomic E-state index is -3.62. The van der Waals surface area contributed by atoms with E-state index >= 15 is 0 Å². The maximum absolute atomic E-state index is 12.5. The second-order valence-corrected chi connectivity index (χ2v) is 6.28. The molecule has 0 saturated heterocycles. The number of nitrogens with two attached hydrogens (primary N) is 1. The number of hydrogen-bond acceptors (Lipinski definition) is 4. The predicted octanol–water partition coefficient (Wildman–Crippen LogP) is 1.59. The molecule has 0 aliphatic carbocycles. The van der Waals surface area contributed by atoms with Gasteiger partial charge in [0.05, 0.1) is 11.1 Å². The lowest BCUT2D eigenvalue weighted by Crippen LogP contribution is -2.27. The van der Waals surface area contributed by atoms with E-state index in [1.165, 1.54) is 6.07 Å². The van der Waals surface area contributed by atoms with Crippen LogP contribution in [0.15, 0.2) is 35.5 Å². The number of benzene rings is 1. The molecule has 0 saturated carbocycles. The number of nitrogen functional groups attached to an aromatic ring is 1. The van der Waals surface area contributed by atoms with Gasteiger partial charge in [-0.15, -0.1) is 0 Å². The molecule has 6 nitrogen and oxygen atoms in total. The maximum atomic E-state index is 12.5. The van der Waals surface area contributed by atoms with Gasteiger partial charge in [0.1, 0.15) is 0 Å². The highest BCUT2D eigenvalue weighted by atomic mass is 32.2. The Labute approximate surface area is 118 Å². The van der Waals surface area contributed by atoms with E-state index in [1.807, 2.05) is 6.92 Å². The van der Waals surface area contributed by atoms with Crippen LogP contribution >= 0.6 is 0 Å². The summed E-state index contributed by atoms with van der Waals surface area (Å²) in [5.74, 6) is 0. The summed E-state index contributed by atoms with van der Waals surface area (Å²) in [5.41, 5.74) is 7.64. The quantitative estimate of drug-likeness (QED) is 0.729. The van der Waals surface area contributed by atoms with Gasteiger partial charge in [0, 0.05) is 23.5 Å². The van der Waals surface area contributed by atoms with Gasteiger partial charge in [-0.05, 0) is 31.0 Å². The van der Waals surface area contributed by atoms with Gasteiger partial charge in [0.15, 0.2) is 0 Å². The van der Waals surface area contributed by atoms with Crippen LogP contribution in [0.5, 0.6) is 0 Å². The normalized spacial score (nSPS) is 13.3. The molecule has 0 aliphatic heterocycles. The van der Waals surface area contributed by atoms with Crippen LogP contribution in [0.25, 0.3) is 0 Å². The third-order valence-corrected chi connectivity index (χ3v) is 4.74. The van der Waals surface area contributed by atoms with Crippen LogP contribution in [-0.2, 0) is 16.4 Å². The average molecular weight is 294 g/mol. The van der Waals surface area contributed by atoms with Gasteiger partial charge in [0.25, 0.3) is 0 Å². The monoisotopic (exact) mass is 294 g/mol. The fourth-order valence-corrected chi connectivity index (χ4v) is 3.55. The zero-order chi connectivity index (χ0) is 14.8. The van der Waals surface area contributed by atoms with Crippen molar-refractivity contribution in [3.8, 4) is 0 Å². The van der Waals surface area contributed by atoms with Gasteiger partial charge in [0.2, 0.25) is 10.0 Å². The summed E-state index contributed by atoms with van der Waals surface area (Å²) in [6.45, 7) is 3.67. The molecule has 0 radical (unpaired) electrons. The number of anilines is 1. The van der Waals surface area contributed by atoms with Crippen molar-refractivity contribution in [3.05, 3.63) is 41.7 Å². The van der Waals surface area contributed by atoms with Crippen LogP contribution in [0.3, 0.4) is 0 Å². The summed E-state index contributed by atoms with van der Waals surface area (Å²) in [7, 11) is -3.62. The van der Waals surface area contributed by atoms with E-state index in [0.29, 0.717) is 12.1 Å². The van der Waals surface area contributed by atoms with Crippen LogP contribution < -0.4 is 10.5 Å². The molecule has 1 atom stereocenters. The van der Waals surface area contributed by atoms with E-state index in [1.54, 1.807) is 31.5 Å². The molecular weight excluding hydrogens is 276 g/mol. The third-order valence-electron chi connectivity index (χ3n) is 3.11. The number of nitrogens with one attached hydrogen (secondary N) is 2. The Morgan fingerprint density at radius 2 is 2.20 bits per heavy atom. The van der Waals surface area contributed by atoms with Crippen LogP contribution in [0.1, 0.15) is 31.0 Å². The second-order valence-electron chi connectivity index (χ2n) is 4.60. The molecule has 1 unspecified atom stereocenters. The average Bonchev–Trinajstić information content (AvgIpc) is 2.92. The Kier molecular flexibility index (Phi) is 4.10. The summed E-state index contributed by atoms with van der Waals surface area (Å²) in [5, 5.41) is 6.48. The smallest absolute Gasteiger partial charge is 0.241 e. The lowest BCUT2D eigenvalue weighted by Gasteiger charge is -2.15. The van der Waals surface area contributed by atoms with Crippen molar-refractivity contribution in [2.75, 3.05) is 5.73 Å². The Bertz CT molecular complexity index is 680. The molecule has 1 aromatic heterocycles. The highest BCUT2D eigenvalue weighted by Gasteiger charge is 2.21. The first-order valence-electron chi connectivity index (χ1n) is 6.33. The largest absolute Gasteiger partial charge is 0.399 e. The molecule has 0 spiro atoms.